The van der Waals surface area contributed by atoms with Gasteiger partial charge in [0.15, 0.2) is 0 Å². The summed E-state index contributed by atoms with van der Waals surface area (Å²) < 4.78 is 6.23. The molecule has 2 aliphatic rings. The summed E-state index contributed by atoms with van der Waals surface area (Å²) in [6, 6.07) is 0.465. The summed E-state index contributed by atoms with van der Waals surface area (Å²) in [6.45, 7) is 4.98. The second-order valence-electron chi connectivity index (χ2n) is 7.42. The van der Waals surface area contributed by atoms with Gasteiger partial charge in [-0.3, -0.25) is 4.79 Å². The summed E-state index contributed by atoms with van der Waals surface area (Å²) in [5, 5.41) is 6.25. The van der Waals surface area contributed by atoms with Crippen LogP contribution in [0.4, 0.5) is 4.79 Å². The normalized spacial score (nSPS) is 19.4. The van der Waals surface area contributed by atoms with E-state index in [0.29, 0.717) is 36.2 Å². The van der Waals surface area contributed by atoms with E-state index < -0.39 is 0 Å². The maximum atomic E-state index is 12.6. The third-order valence-corrected chi connectivity index (χ3v) is 6.42. The molecule has 6 nitrogen and oxygen atoms in total. The molecule has 144 valence electrons. The van der Waals surface area contributed by atoms with Crippen molar-refractivity contribution in [1.29, 1.82) is 0 Å². The van der Waals surface area contributed by atoms with Crippen LogP contribution in [0.15, 0.2) is 8.89 Å². The molecule has 3 amide bonds. The predicted molar refractivity (Wildman–Crippen MR) is 103 cm³/mol. The highest BCUT2D eigenvalue weighted by Gasteiger charge is 2.27. The second kappa shape index (κ2) is 8.46. The molecule has 0 spiro atoms. The molecule has 1 aromatic rings. The van der Waals surface area contributed by atoms with Crippen molar-refractivity contribution in [1.82, 2.24) is 15.5 Å². The van der Waals surface area contributed by atoms with Gasteiger partial charge in [-0.1, -0.05) is 19.3 Å². The summed E-state index contributed by atoms with van der Waals surface area (Å²) in [5.74, 6) is 1.22. The highest BCUT2D eigenvalue weighted by Crippen LogP contribution is 2.27. The number of hydrogen-bond donors (Lipinski definition) is 2. The first-order valence-corrected chi connectivity index (χ1v) is 10.4. The van der Waals surface area contributed by atoms with Crippen LogP contribution in [0.1, 0.15) is 66.8 Å². The number of carbonyl (C=O) groups excluding carboxylic acids is 2. The Bertz CT molecular complexity index is 659. The molecule has 26 heavy (non-hydrogen) atoms. The van der Waals surface area contributed by atoms with E-state index in [-0.39, 0.29) is 18.0 Å². The molecule has 3 rings (SSSR count). The molecular weight excluding hydrogens is 398 g/mol. The van der Waals surface area contributed by atoms with E-state index >= 15 is 0 Å². The summed E-state index contributed by atoms with van der Waals surface area (Å²) in [5.41, 5.74) is 0.569. The highest BCUT2D eigenvalue weighted by atomic mass is 79.9. The minimum absolute atomic E-state index is 0.0470. The van der Waals surface area contributed by atoms with E-state index in [2.05, 4.69) is 26.6 Å². The van der Waals surface area contributed by atoms with Crippen molar-refractivity contribution < 1.29 is 14.0 Å². The topological polar surface area (TPSA) is 74.6 Å². The van der Waals surface area contributed by atoms with E-state index in [1.54, 1.807) is 6.92 Å². The van der Waals surface area contributed by atoms with Crippen LogP contribution >= 0.6 is 15.9 Å². The third-order valence-electron chi connectivity index (χ3n) is 5.46. The zero-order valence-electron chi connectivity index (χ0n) is 15.6. The van der Waals surface area contributed by atoms with E-state index in [1.807, 2.05) is 11.8 Å². The zero-order valence-corrected chi connectivity index (χ0v) is 17.2. The predicted octanol–water partition coefficient (Wildman–Crippen LogP) is 3.90. The maximum Gasteiger partial charge on any atom is 0.317 e. The molecule has 0 atom stereocenters. The fourth-order valence-corrected chi connectivity index (χ4v) is 4.45. The first-order chi connectivity index (χ1) is 12.5. The highest BCUT2D eigenvalue weighted by molar-refractivity contribution is 9.10. The van der Waals surface area contributed by atoms with E-state index in [9.17, 15) is 9.59 Å². The van der Waals surface area contributed by atoms with Crippen LogP contribution in [-0.4, -0.2) is 42.0 Å². The number of hydrogen-bond acceptors (Lipinski definition) is 3. The molecule has 1 aliphatic heterocycles. The fourth-order valence-electron chi connectivity index (χ4n) is 3.91. The molecule has 7 heteroatoms. The van der Waals surface area contributed by atoms with Crippen LogP contribution in [0.5, 0.6) is 0 Å². The number of nitrogens with one attached hydrogen (secondary N) is 2. The number of rotatable bonds is 3. The molecule has 0 radical (unpaired) electrons. The van der Waals surface area contributed by atoms with Crippen molar-refractivity contribution in [3.63, 3.8) is 0 Å². The van der Waals surface area contributed by atoms with Gasteiger partial charge >= 0.3 is 6.03 Å². The average Bonchev–Trinajstić information content (AvgIpc) is 2.88. The van der Waals surface area contributed by atoms with Gasteiger partial charge in [-0.15, -0.1) is 0 Å². The van der Waals surface area contributed by atoms with Gasteiger partial charge in [0, 0.05) is 25.2 Å². The summed E-state index contributed by atoms with van der Waals surface area (Å²) in [4.78, 5) is 26.8. The maximum absolute atomic E-state index is 12.6. The van der Waals surface area contributed by atoms with Crippen LogP contribution in [0.25, 0.3) is 0 Å². The van der Waals surface area contributed by atoms with Crippen molar-refractivity contribution >= 4 is 27.9 Å². The lowest BCUT2D eigenvalue weighted by molar-refractivity contribution is 0.0915. The molecule has 0 aromatic carbocycles. The van der Waals surface area contributed by atoms with E-state index in [4.69, 9.17) is 4.42 Å². The Morgan fingerprint density at radius 3 is 2.15 bits per heavy atom. The van der Waals surface area contributed by atoms with Crippen LogP contribution in [-0.2, 0) is 0 Å². The molecule has 1 saturated carbocycles. The lowest BCUT2D eigenvalue weighted by atomic mass is 9.95. The van der Waals surface area contributed by atoms with Gasteiger partial charge in [-0.2, -0.15) is 0 Å². The van der Waals surface area contributed by atoms with Gasteiger partial charge in [-0.05, 0) is 55.5 Å². The average molecular weight is 426 g/mol. The SMILES string of the molecule is Cc1oc(C)c(C(=O)NC2CCN(C(=O)NC3CCCCC3)CC2)c1Br. The zero-order chi connectivity index (χ0) is 18.7. The quantitative estimate of drug-likeness (QED) is 0.770. The van der Waals surface area contributed by atoms with Gasteiger partial charge in [0.05, 0.1) is 10.0 Å². The van der Waals surface area contributed by atoms with Crippen LogP contribution in [0, 0.1) is 13.8 Å². The largest absolute Gasteiger partial charge is 0.465 e. The molecule has 1 saturated heterocycles. The van der Waals surface area contributed by atoms with E-state index in [0.717, 1.165) is 30.2 Å². The van der Waals surface area contributed by atoms with Crippen molar-refractivity contribution in [3.8, 4) is 0 Å². The number of aryl methyl sites for hydroxylation is 2. The number of urea groups is 1. The van der Waals surface area contributed by atoms with Crippen LogP contribution in [0.2, 0.25) is 0 Å². The monoisotopic (exact) mass is 425 g/mol. The van der Waals surface area contributed by atoms with E-state index in [1.165, 1.54) is 19.3 Å². The number of amides is 3. The number of likely N-dealkylation sites (tertiary alicyclic amines) is 1. The first-order valence-electron chi connectivity index (χ1n) is 9.57. The summed E-state index contributed by atoms with van der Waals surface area (Å²) in [7, 11) is 0. The molecule has 2 heterocycles. The lowest BCUT2D eigenvalue weighted by Crippen LogP contribution is -2.51. The molecule has 1 aliphatic carbocycles. The number of piperidine rings is 1. The van der Waals surface area contributed by atoms with Gasteiger partial charge < -0.3 is 20.0 Å². The van der Waals surface area contributed by atoms with Crippen molar-refractivity contribution in [2.75, 3.05) is 13.1 Å². The van der Waals surface area contributed by atoms with Crippen molar-refractivity contribution in [2.45, 2.75) is 70.9 Å². The van der Waals surface area contributed by atoms with Gasteiger partial charge in [0.2, 0.25) is 0 Å². The number of carbonyl (C=O) groups is 2. The smallest absolute Gasteiger partial charge is 0.317 e. The molecular formula is C19H28BrN3O3. The number of furan rings is 1. The third kappa shape index (κ3) is 4.42. The first kappa shape index (κ1) is 19.3. The second-order valence-corrected chi connectivity index (χ2v) is 8.22. The Kier molecular flexibility index (Phi) is 6.27. The van der Waals surface area contributed by atoms with Gasteiger partial charge in [0.1, 0.15) is 11.5 Å². The summed E-state index contributed by atoms with van der Waals surface area (Å²) >= 11 is 3.43. The standard InChI is InChI=1S/C19H28BrN3O3/c1-12-16(17(20)13(2)26-12)18(24)21-15-8-10-23(11-9-15)19(25)22-14-6-4-3-5-7-14/h14-15H,3-11H2,1-2H3,(H,21,24)(H,22,25). The molecule has 0 bridgehead atoms. The Morgan fingerprint density at radius 2 is 1.58 bits per heavy atom. The summed E-state index contributed by atoms with van der Waals surface area (Å²) in [6.07, 6.45) is 7.44. The van der Waals surface area contributed by atoms with Crippen molar-refractivity contribution in [2.24, 2.45) is 0 Å². The Balaban J connectivity index is 1.47. The minimum Gasteiger partial charge on any atom is -0.465 e. The Hall–Kier alpha value is -1.50. The van der Waals surface area contributed by atoms with Crippen LogP contribution in [0.3, 0.4) is 0 Å². The molecule has 2 fully saturated rings. The van der Waals surface area contributed by atoms with Gasteiger partial charge in [-0.25, -0.2) is 4.79 Å². The molecule has 1 aromatic heterocycles. The Morgan fingerprint density at radius 1 is 0.962 bits per heavy atom. The van der Waals surface area contributed by atoms with Gasteiger partial charge in [0.25, 0.3) is 5.91 Å². The lowest BCUT2D eigenvalue weighted by Gasteiger charge is -2.34. The number of nitrogens with zero attached hydrogens (tertiary/aromatic N) is 1. The fraction of sp³-hybridized carbons (Fsp3) is 0.684. The van der Waals surface area contributed by atoms with Crippen LogP contribution < -0.4 is 10.6 Å². The molecule has 0 unspecified atom stereocenters. The number of halogens is 1. The Labute approximate surface area is 163 Å². The van der Waals surface area contributed by atoms with Crippen molar-refractivity contribution in [3.05, 3.63) is 21.6 Å². The minimum atomic E-state index is -0.115. The molecule has 2 N–H and O–H groups in total.